The number of rotatable bonds is 3. The Morgan fingerprint density at radius 3 is 2.09 bits per heavy atom. The van der Waals surface area contributed by atoms with Crippen LogP contribution >= 0.6 is 0 Å². The van der Waals surface area contributed by atoms with Crippen LogP contribution in [-0.2, 0) is 9.59 Å². The normalized spacial score (nSPS) is 21.4. The lowest BCUT2D eigenvalue weighted by Gasteiger charge is -2.27. The van der Waals surface area contributed by atoms with Crippen LogP contribution < -0.4 is 0 Å². The molecule has 2 rings (SSSR count). The summed E-state index contributed by atoms with van der Waals surface area (Å²) < 4.78 is 53.9. The van der Waals surface area contributed by atoms with Crippen molar-refractivity contribution in [3.63, 3.8) is 0 Å². The highest BCUT2D eigenvalue weighted by molar-refractivity contribution is 5.87. The van der Waals surface area contributed by atoms with Crippen LogP contribution in [0.3, 0.4) is 0 Å². The number of hydrogen-bond acceptors (Lipinski definition) is 3. The van der Waals surface area contributed by atoms with Gasteiger partial charge in [0.15, 0.2) is 11.6 Å². The minimum absolute atomic E-state index is 0.137. The van der Waals surface area contributed by atoms with E-state index >= 15 is 0 Å². The first-order valence-electron chi connectivity index (χ1n) is 6.10. The molecule has 2 N–H and O–H groups in total. The molecule has 0 aliphatic heterocycles. The van der Waals surface area contributed by atoms with Crippen molar-refractivity contribution in [2.75, 3.05) is 0 Å². The quantitative estimate of drug-likeness (QED) is 0.659. The predicted molar refractivity (Wildman–Crippen MR) is 62.9 cm³/mol. The highest BCUT2D eigenvalue weighted by atomic mass is 19.2. The van der Waals surface area contributed by atoms with E-state index in [0.29, 0.717) is 0 Å². The fourth-order valence-electron chi connectivity index (χ4n) is 2.44. The van der Waals surface area contributed by atoms with Crippen LogP contribution in [0.5, 0.6) is 0 Å². The molecule has 0 radical (unpaired) electrons. The summed E-state index contributed by atoms with van der Waals surface area (Å²) in [5, 5.41) is 18.0. The van der Waals surface area contributed by atoms with E-state index < -0.39 is 52.9 Å². The van der Waals surface area contributed by atoms with Gasteiger partial charge >= 0.3 is 11.9 Å². The molecule has 2 unspecified atom stereocenters. The zero-order chi connectivity index (χ0) is 16.6. The van der Waals surface area contributed by atoms with Crippen LogP contribution in [0.25, 0.3) is 0 Å². The fourth-order valence-corrected chi connectivity index (χ4v) is 2.44. The number of aromatic nitrogens is 1. The van der Waals surface area contributed by atoms with E-state index in [9.17, 15) is 27.2 Å². The smallest absolute Gasteiger partial charge is 0.331 e. The third-order valence-corrected chi connectivity index (χ3v) is 3.50. The van der Waals surface area contributed by atoms with Gasteiger partial charge in [-0.3, -0.25) is 4.79 Å². The van der Waals surface area contributed by atoms with E-state index in [0.717, 1.165) is 6.08 Å². The number of carbonyl (C=O) groups is 2. The van der Waals surface area contributed by atoms with Gasteiger partial charge in [-0.2, -0.15) is 13.8 Å². The molecule has 1 aromatic rings. The van der Waals surface area contributed by atoms with Crippen LogP contribution in [0.15, 0.2) is 11.6 Å². The van der Waals surface area contributed by atoms with Crippen molar-refractivity contribution in [2.24, 2.45) is 5.92 Å². The number of allylic oxidation sites excluding steroid dienone is 1. The van der Waals surface area contributed by atoms with Gasteiger partial charge in [-0.25, -0.2) is 13.6 Å². The fraction of sp³-hybridized carbons (Fsp3) is 0.308. The SMILES string of the molecule is O=C(O)C1=CC(c2c(F)c(F)nc(F)c2F)C(C(=O)O)CC1. The van der Waals surface area contributed by atoms with Crippen LogP contribution in [0.2, 0.25) is 0 Å². The Morgan fingerprint density at radius 1 is 1.09 bits per heavy atom. The lowest BCUT2D eigenvalue weighted by atomic mass is 9.77. The molecule has 1 aromatic heterocycles. The first kappa shape index (κ1) is 15.9. The van der Waals surface area contributed by atoms with Gasteiger partial charge in [-0.05, 0) is 12.8 Å². The van der Waals surface area contributed by atoms with E-state index in [1.165, 1.54) is 0 Å². The van der Waals surface area contributed by atoms with Crippen molar-refractivity contribution in [3.05, 3.63) is 40.7 Å². The summed E-state index contributed by atoms with van der Waals surface area (Å²) in [6, 6.07) is 0. The maximum atomic E-state index is 13.8. The van der Waals surface area contributed by atoms with E-state index in [4.69, 9.17) is 10.2 Å². The Hall–Kier alpha value is -2.45. The second-order valence-electron chi connectivity index (χ2n) is 4.74. The molecule has 9 heteroatoms. The van der Waals surface area contributed by atoms with Crippen LogP contribution in [0, 0.1) is 29.4 Å². The largest absolute Gasteiger partial charge is 0.481 e. The molecule has 118 valence electrons. The molecule has 0 fully saturated rings. The van der Waals surface area contributed by atoms with E-state index in [1.807, 2.05) is 0 Å². The summed E-state index contributed by atoms with van der Waals surface area (Å²) in [4.78, 5) is 24.5. The summed E-state index contributed by atoms with van der Waals surface area (Å²) in [5.41, 5.74) is -1.45. The Morgan fingerprint density at radius 2 is 1.64 bits per heavy atom. The minimum Gasteiger partial charge on any atom is -0.481 e. The average molecular weight is 319 g/mol. The van der Waals surface area contributed by atoms with Crippen LogP contribution in [-0.4, -0.2) is 27.1 Å². The molecule has 5 nitrogen and oxygen atoms in total. The molecule has 0 bridgehead atoms. The summed E-state index contributed by atoms with van der Waals surface area (Å²) in [6.07, 6.45) is 0.440. The number of pyridine rings is 1. The van der Waals surface area contributed by atoms with Crippen molar-refractivity contribution in [1.29, 1.82) is 0 Å². The summed E-state index contributed by atoms with van der Waals surface area (Å²) in [7, 11) is 0. The molecule has 0 saturated carbocycles. The third kappa shape index (κ3) is 2.66. The Balaban J connectivity index is 2.67. The van der Waals surface area contributed by atoms with Crippen LogP contribution in [0.1, 0.15) is 24.3 Å². The number of hydrogen-bond donors (Lipinski definition) is 2. The molecule has 0 spiro atoms. The summed E-state index contributed by atoms with van der Waals surface area (Å²) in [5.74, 6) is -13.4. The summed E-state index contributed by atoms with van der Waals surface area (Å²) in [6.45, 7) is 0. The predicted octanol–water partition coefficient (Wildman–Crippen LogP) is 2.23. The lowest BCUT2D eigenvalue weighted by Crippen LogP contribution is -2.28. The van der Waals surface area contributed by atoms with Gasteiger partial charge in [0.25, 0.3) is 11.9 Å². The van der Waals surface area contributed by atoms with Crippen molar-refractivity contribution < 1.29 is 37.4 Å². The summed E-state index contributed by atoms with van der Waals surface area (Å²) >= 11 is 0. The second-order valence-corrected chi connectivity index (χ2v) is 4.74. The number of nitrogens with zero attached hydrogens (tertiary/aromatic N) is 1. The van der Waals surface area contributed by atoms with Crippen molar-refractivity contribution in [3.8, 4) is 0 Å². The first-order valence-corrected chi connectivity index (χ1v) is 6.10. The van der Waals surface area contributed by atoms with E-state index in [-0.39, 0.29) is 18.4 Å². The Labute approximate surface area is 120 Å². The van der Waals surface area contributed by atoms with Crippen LogP contribution in [0.4, 0.5) is 17.6 Å². The molecule has 0 amide bonds. The number of halogens is 4. The van der Waals surface area contributed by atoms with Gasteiger partial charge in [0.1, 0.15) is 0 Å². The Kier molecular flexibility index (Phi) is 4.16. The highest BCUT2D eigenvalue weighted by Gasteiger charge is 2.38. The molecule has 1 heterocycles. The Bertz CT molecular complexity index is 663. The monoisotopic (exact) mass is 319 g/mol. The molecule has 0 saturated heterocycles. The molecule has 2 atom stereocenters. The maximum absolute atomic E-state index is 13.8. The van der Waals surface area contributed by atoms with E-state index in [1.54, 1.807) is 0 Å². The van der Waals surface area contributed by atoms with Gasteiger partial charge in [-0.1, -0.05) is 6.08 Å². The topological polar surface area (TPSA) is 87.5 Å². The molecule has 22 heavy (non-hydrogen) atoms. The number of aliphatic carboxylic acids is 2. The van der Waals surface area contributed by atoms with Gasteiger partial charge in [0.2, 0.25) is 0 Å². The molecular formula is C13H9F4NO4. The number of carboxylic acid groups (broad SMARTS) is 2. The third-order valence-electron chi connectivity index (χ3n) is 3.50. The zero-order valence-corrected chi connectivity index (χ0v) is 10.8. The highest BCUT2D eigenvalue weighted by Crippen LogP contribution is 2.39. The standard InChI is InChI=1S/C13H9F4NO4/c14-8-7(9(15)11(17)18-10(8)16)6-3-4(12(19)20)1-2-5(6)13(21)22/h3,5-6H,1-2H2,(H,19,20)(H,21,22). The van der Waals surface area contributed by atoms with Gasteiger partial charge < -0.3 is 10.2 Å². The van der Waals surface area contributed by atoms with E-state index in [2.05, 4.69) is 4.98 Å². The molecule has 1 aliphatic carbocycles. The zero-order valence-electron chi connectivity index (χ0n) is 10.8. The first-order chi connectivity index (χ1) is 10.2. The van der Waals surface area contributed by atoms with Gasteiger partial charge in [-0.15, -0.1) is 0 Å². The molecular weight excluding hydrogens is 310 g/mol. The average Bonchev–Trinajstić information content (AvgIpc) is 2.45. The van der Waals surface area contributed by atoms with Crippen molar-refractivity contribution >= 4 is 11.9 Å². The lowest BCUT2D eigenvalue weighted by molar-refractivity contribution is -0.143. The number of carboxylic acids is 2. The van der Waals surface area contributed by atoms with Crippen molar-refractivity contribution in [2.45, 2.75) is 18.8 Å². The van der Waals surface area contributed by atoms with Crippen molar-refractivity contribution in [1.82, 2.24) is 4.98 Å². The minimum atomic E-state index is -1.92. The molecule has 0 aromatic carbocycles. The van der Waals surface area contributed by atoms with Gasteiger partial charge in [0, 0.05) is 17.1 Å². The molecule has 1 aliphatic rings. The van der Waals surface area contributed by atoms with Gasteiger partial charge in [0.05, 0.1) is 5.92 Å². The second kappa shape index (κ2) is 5.74. The maximum Gasteiger partial charge on any atom is 0.331 e.